The zero-order chi connectivity index (χ0) is 12.7. The highest BCUT2D eigenvalue weighted by Crippen LogP contribution is 2.32. The SMILES string of the molecule is c1ccc2c(c1)NCC2Cc1nc2ncncc2[nH]1. The lowest BCUT2D eigenvalue weighted by Crippen LogP contribution is -2.06. The third-order valence-corrected chi connectivity index (χ3v) is 3.59. The maximum Gasteiger partial charge on any atom is 0.180 e. The Morgan fingerprint density at radius 3 is 3.16 bits per heavy atom. The highest BCUT2D eigenvalue weighted by atomic mass is 15.0. The van der Waals surface area contributed by atoms with E-state index in [1.165, 1.54) is 17.6 Å². The maximum atomic E-state index is 4.51. The molecule has 0 aliphatic carbocycles. The monoisotopic (exact) mass is 251 g/mol. The number of hydrogen-bond acceptors (Lipinski definition) is 4. The van der Waals surface area contributed by atoms with Crippen molar-refractivity contribution in [3.63, 3.8) is 0 Å². The van der Waals surface area contributed by atoms with E-state index in [9.17, 15) is 0 Å². The molecule has 19 heavy (non-hydrogen) atoms. The van der Waals surface area contributed by atoms with Gasteiger partial charge < -0.3 is 10.3 Å². The number of nitrogens with one attached hydrogen (secondary N) is 2. The van der Waals surface area contributed by atoms with E-state index in [0.29, 0.717) is 5.92 Å². The average Bonchev–Trinajstić information content (AvgIpc) is 3.03. The van der Waals surface area contributed by atoms with Gasteiger partial charge in [-0.15, -0.1) is 0 Å². The predicted molar refractivity (Wildman–Crippen MR) is 73.1 cm³/mol. The van der Waals surface area contributed by atoms with Gasteiger partial charge in [-0.3, -0.25) is 0 Å². The van der Waals surface area contributed by atoms with E-state index in [1.807, 2.05) is 0 Å². The quantitative estimate of drug-likeness (QED) is 0.732. The van der Waals surface area contributed by atoms with Crippen LogP contribution in [0.2, 0.25) is 0 Å². The van der Waals surface area contributed by atoms with E-state index < -0.39 is 0 Å². The molecule has 5 heteroatoms. The van der Waals surface area contributed by atoms with Crippen molar-refractivity contribution in [2.45, 2.75) is 12.3 Å². The number of nitrogens with zero attached hydrogens (tertiary/aromatic N) is 3. The number of para-hydroxylation sites is 1. The average molecular weight is 251 g/mol. The third-order valence-electron chi connectivity index (χ3n) is 3.59. The molecule has 0 fully saturated rings. The van der Waals surface area contributed by atoms with Crippen molar-refractivity contribution in [3.05, 3.63) is 48.2 Å². The van der Waals surface area contributed by atoms with E-state index in [1.54, 1.807) is 6.20 Å². The standard InChI is InChI=1S/C14H13N5/c1-2-4-11-10(3-1)9(6-16-11)5-13-18-12-7-15-8-17-14(12)19-13/h1-4,7-9,16H,5-6H2,(H,15,17,18,19). The molecule has 0 radical (unpaired) electrons. The Bertz CT molecular complexity index is 700. The molecule has 3 heterocycles. The zero-order valence-electron chi connectivity index (χ0n) is 10.3. The van der Waals surface area contributed by atoms with Crippen LogP contribution in [-0.4, -0.2) is 26.5 Å². The van der Waals surface area contributed by atoms with Crippen molar-refractivity contribution < 1.29 is 0 Å². The summed E-state index contributed by atoms with van der Waals surface area (Å²) in [6.45, 7) is 0.960. The molecule has 0 saturated heterocycles. The first kappa shape index (κ1) is 10.5. The molecule has 1 aromatic carbocycles. The fraction of sp³-hybridized carbons (Fsp3) is 0.214. The molecule has 1 unspecified atom stereocenters. The maximum absolute atomic E-state index is 4.51. The Labute approximate surface area is 110 Å². The summed E-state index contributed by atoms with van der Waals surface area (Å²) in [4.78, 5) is 16.0. The Morgan fingerprint density at radius 1 is 1.26 bits per heavy atom. The van der Waals surface area contributed by atoms with Gasteiger partial charge in [0.2, 0.25) is 0 Å². The molecule has 1 aliphatic heterocycles. The molecule has 94 valence electrons. The number of aromatic amines is 1. The molecule has 0 amide bonds. The van der Waals surface area contributed by atoms with Crippen LogP contribution in [0.3, 0.4) is 0 Å². The highest BCUT2D eigenvalue weighted by molar-refractivity contribution is 5.68. The first-order chi connectivity index (χ1) is 9.40. The second-order valence-electron chi connectivity index (χ2n) is 4.81. The van der Waals surface area contributed by atoms with Gasteiger partial charge in [0.25, 0.3) is 0 Å². The van der Waals surface area contributed by atoms with Crippen LogP contribution in [0.1, 0.15) is 17.3 Å². The summed E-state index contributed by atoms with van der Waals surface area (Å²) < 4.78 is 0. The van der Waals surface area contributed by atoms with Crippen molar-refractivity contribution in [3.8, 4) is 0 Å². The van der Waals surface area contributed by atoms with Gasteiger partial charge >= 0.3 is 0 Å². The van der Waals surface area contributed by atoms with E-state index >= 15 is 0 Å². The van der Waals surface area contributed by atoms with Crippen molar-refractivity contribution in [2.75, 3.05) is 11.9 Å². The molecule has 0 bridgehead atoms. The van der Waals surface area contributed by atoms with Gasteiger partial charge in [-0.1, -0.05) is 18.2 Å². The largest absolute Gasteiger partial charge is 0.384 e. The molecule has 1 aliphatic rings. The lowest BCUT2D eigenvalue weighted by molar-refractivity contribution is 0.723. The topological polar surface area (TPSA) is 66.5 Å². The van der Waals surface area contributed by atoms with Crippen LogP contribution in [0.5, 0.6) is 0 Å². The molecule has 3 aromatic rings. The van der Waals surface area contributed by atoms with Crippen molar-refractivity contribution in [1.82, 2.24) is 19.9 Å². The highest BCUT2D eigenvalue weighted by Gasteiger charge is 2.22. The fourth-order valence-corrected chi connectivity index (χ4v) is 2.68. The summed E-state index contributed by atoms with van der Waals surface area (Å²) in [5.41, 5.74) is 4.25. The molecule has 2 aromatic heterocycles. The number of hydrogen-bond donors (Lipinski definition) is 2. The number of H-pyrrole nitrogens is 1. The van der Waals surface area contributed by atoms with Crippen molar-refractivity contribution in [2.24, 2.45) is 0 Å². The van der Waals surface area contributed by atoms with Crippen LogP contribution >= 0.6 is 0 Å². The van der Waals surface area contributed by atoms with Crippen LogP contribution in [0, 0.1) is 0 Å². The minimum Gasteiger partial charge on any atom is -0.384 e. The Morgan fingerprint density at radius 2 is 2.21 bits per heavy atom. The molecule has 0 spiro atoms. The van der Waals surface area contributed by atoms with Crippen molar-refractivity contribution in [1.29, 1.82) is 0 Å². The van der Waals surface area contributed by atoms with Gasteiger partial charge in [-0.05, 0) is 11.6 Å². The number of aromatic nitrogens is 4. The van der Waals surface area contributed by atoms with Gasteiger partial charge in [0.05, 0.1) is 6.20 Å². The van der Waals surface area contributed by atoms with Crippen LogP contribution in [0.4, 0.5) is 5.69 Å². The number of fused-ring (bicyclic) bond motifs is 2. The smallest absolute Gasteiger partial charge is 0.180 e. The van der Waals surface area contributed by atoms with Gasteiger partial charge in [0.1, 0.15) is 17.7 Å². The molecule has 2 N–H and O–H groups in total. The van der Waals surface area contributed by atoms with E-state index in [-0.39, 0.29) is 0 Å². The summed E-state index contributed by atoms with van der Waals surface area (Å²) in [6.07, 6.45) is 4.18. The summed E-state index contributed by atoms with van der Waals surface area (Å²) in [7, 11) is 0. The minimum absolute atomic E-state index is 0.463. The lowest BCUT2D eigenvalue weighted by atomic mass is 9.98. The summed E-state index contributed by atoms with van der Waals surface area (Å²) >= 11 is 0. The number of anilines is 1. The fourth-order valence-electron chi connectivity index (χ4n) is 2.68. The molecular formula is C14H13N5. The van der Waals surface area contributed by atoms with Gasteiger partial charge in [0, 0.05) is 24.6 Å². The Hall–Kier alpha value is -2.43. The van der Waals surface area contributed by atoms with Crippen LogP contribution in [0.25, 0.3) is 11.2 Å². The summed E-state index contributed by atoms with van der Waals surface area (Å²) in [5.74, 6) is 1.43. The second-order valence-corrected chi connectivity index (χ2v) is 4.81. The van der Waals surface area contributed by atoms with E-state index in [0.717, 1.165) is 30.0 Å². The predicted octanol–water partition coefficient (Wildman–Crippen LogP) is 2.10. The lowest BCUT2D eigenvalue weighted by Gasteiger charge is -2.07. The molecule has 0 saturated carbocycles. The van der Waals surface area contributed by atoms with Gasteiger partial charge in [-0.2, -0.15) is 0 Å². The Balaban J connectivity index is 1.65. The van der Waals surface area contributed by atoms with Crippen molar-refractivity contribution >= 4 is 16.9 Å². The first-order valence-corrected chi connectivity index (χ1v) is 6.37. The number of imidazole rings is 1. The zero-order valence-corrected chi connectivity index (χ0v) is 10.3. The first-order valence-electron chi connectivity index (χ1n) is 6.37. The molecule has 5 nitrogen and oxygen atoms in total. The van der Waals surface area contributed by atoms with E-state index in [4.69, 9.17) is 0 Å². The van der Waals surface area contributed by atoms with Crippen LogP contribution in [-0.2, 0) is 6.42 Å². The second kappa shape index (κ2) is 4.05. The van der Waals surface area contributed by atoms with Gasteiger partial charge in [-0.25, -0.2) is 15.0 Å². The molecule has 4 rings (SSSR count). The summed E-state index contributed by atoms with van der Waals surface area (Å²) in [5, 5.41) is 3.43. The van der Waals surface area contributed by atoms with E-state index in [2.05, 4.69) is 49.5 Å². The van der Waals surface area contributed by atoms with Crippen LogP contribution in [0.15, 0.2) is 36.8 Å². The minimum atomic E-state index is 0.463. The third kappa shape index (κ3) is 1.74. The summed E-state index contributed by atoms with van der Waals surface area (Å²) in [6, 6.07) is 8.45. The molecule has 1 atom stereocenters. The molecular weight excluding hydrogens is 238 g/mol. The van der Waals surface area contributed by atoms with Gasteiger partial charge in [0.15, 0.2) is 5.65 Å². The Kier molecular flexibility index (Phi) is 2.24. The van der Waals surface area contributed by atoms with Crippen LogP contribution < -0.4 is 5.32 Å². The normalized spacial score (nSPS) is 17.4. The number of benzene rings is 1. The number of rotatable bonds is 2.